The number of anilines is 1. The molecule has 1 aromatic carbocycles. The lowest BCUT2D eigenvalue weighted by atomic mass is 9.72. The number of rotatable bonds is 30. The SMILES string of the molecule is C.CC(=O)Nc1ncc(C2CC(Cc3ccc(CC(=O)Cc4ccccc4)nn3)C2)s1.O=C(Cc1ccccn1)Cc1ccc(C2CC(Cc3nnc(CC(=O)Cc4ccccn4)s3)C2)nn1.O=C(Cc1ccccn1)Cc1ccc(C2CC(Cc3nnc(CC(=O)Cc4ccccn4)s3)C2)nn1. The molecule has 10 heterocycles. The molecule has 0 spiro atoms. The molecule has 1 N–H and O–H groups in total. The van der Waals surface area contributed by atoms with Crippen LogP contribution < -0.4 is 5.32 Å². The number of benzene rings is 1. The summed E-state index contributed by atoms with van der Waals surface area (Å²) in [6.07, 6.45) is 20.7. The van der Waals surface area contributed by atoms with Gasteiger partial charge in [0.2, 0.25) is 5.91 Å². The molecule has 3 aliphatic rings. The van der Waals surface area contributed by atoms with Crippen molar-refractivity contribution in [2.45, 2.75) is 154 Å². The highest BCUT2D eigenvalue weighted by Crippen LogP contribution is 2.46. The number of hydrogen-bond donors (Lipinski definition) is 1. The van der Waals surface area contributed by atoms with Crippen LogP contribution in [0.25, 0.3) is 0 Å². The first-order chi connectivity index (χ1) is 49.8. The molecular formula is C78H80N16O6S3. The highest BCUT2D eigenvalue weighted by molar-refractivity contribution is 7.15. The molecule has 526 valence electrons. The summed E-state index contributed by atoms with van der Waals surface area (Å²) in [6.45, 7) is 1.49. The van der Waals surface area contributed by atoms with Crippen LogP contribution in [0.5, 0.6) is 0 Å². The van der Waals surface area contributed by atoms with Crippen LogP contribution >= 0.6 is 34.0 Å². The van der Waals surface area contributed by atoms with Crippen LogP contribution in [0, 0.1) is 17.8 Å². The van der Waals surface area contributed by atoms with Gasteiger partial charge in [-0.25, -0.2) is 4.98 Å². The number of thiazole rings is 1. The third-order valence-electron chi connectivity index (χ3n) is 17.9. The molecule has 0 radical (unpaired) electrons. The second-order valence-electron chi connectivity index (χ2n) is 26.3. The van der Waals surface area contributed by atoms with E-state index >= 15 is 0 Å². The van der Waals surface area contributed by atoms with Crippen LogP contribution in [0.1, 0.15) is 158 Å². The molecule has 3 fully saturated rings. The van der Waals surface area contributed by atoms with Crippen LogP contribution in [0.3, 0.4) is 0 Å². The number of aromatic nitrogens is 15. The van der Waals surface area contributed by atoms with Gasteiger partial charge in [0, 0.05) is 122 Å². The van der Waals surface area contributed by atoms with E-state index in [2.05, 4.69) is 81.2 Å². The summed E-state index contributed by atoms with van der Waals surface area (Å²) in [7, 11) is 0. The van der Waals surface area contributed by atoms with Gasteiger partial charge in [-0.3, -0.25) is 48.7 Å². The minimum absolute atomic E-state index is 0. The fourth-order valence-electron chi connectivity index (χ4n) is 12.6. The summed E-state index contributed by atoms with van der Waals surface area (Å²) in [5.41, 5.74) is 9.15. The Bertz CT molecular complexity index is 4330. The summed E-state index contributed by atoms with van der Waals surface area (Å²) in [4.78, 5) is 94.9. The van der Waals surface area contributed by atoms with Crippen molar-refractivity contribution in [3.8, 4) is 0 Å². The third-order valence-corrected chi connectivity index (χ3v) is 20.9. The van der Waals surface area contributed by atoms with Gasteiger partial charge >= 0.3 is 0 Å². The zero-order chi connectivity index (χ0) is 70.4. The van der Waals surface area contributed by atoms with Gasteiger partial charge in [-0.05, 0) is 159 Å². The number of nitrogens with one attached hydrogen (secondary N) is 1. The van der Waals surface area contributed by atoms with E-state index in [1.54, 1.807) is 36.1 Å². The van der Waals surface area contributed by atoms with Gasteiger partial charge in [-0.1, -0.05) is 62.0 Å². The Morgan fingerprint density at radius 2 is 0.699 bits per heavy atom. The smallest absolute Gasteiger partial charge is 0.223 e. The van der Waals surface area contributed by atoms with Crippen molar-refractivity contribution in [3.05, 3.63) is 258 Å². The van der Waals surface area contributed by atoms with Crippen LogP contribution in [-0.4, -0.2) is 111 Å². The van der Waals surface area contributed by atoms with E-state index < -0.39 is 0 Å². The van der Waals surface area contributed by atoms with Crippen LogP contribution in [-0.2, 0) is 112 Å². The molecule has 0 aliphatic heterocycles. The molecule has 10 aromatic heterocycles. The lowest BCUT2D eigenvalue weighted by molar-refractivity contribution is -0.118. The minimum Gasteiger partial charge on any atom is -0.302 e. The summed E-state index contributed by atoms with van der Waals surface area (Å²) in [6, 6.07) is 43.8. The average Bonchev–Trinajstić information content (AvgIpc) is 1.79. The number of nitrogens with zero attached hydrogens (tertiary/aromatic N) is 15. The first-order valence-electron chi connectivity index (χ1n) is 34.3. The number of hydrogen-bond acceptors (Lipinski definition) is 24. The number of pyridine rings is 4. The van der Waals surface area contributed by atoms with E-state index in [-0.39, 0.29) is 55.1 Å². The van der Waals surface area contributed by atoms with E-state index in [0.717, 1.165) is 129 Å². The Hall–Kier alpha value is -10.4. The summed E-state index contributed by atoms with van der Waals surface area (Å²) in [5, 5.41) is 49.9. The standard InChI is InChI=1S/2C27H26N6O2S.C23H24N4O2S.CH4/c2*34-23(14-20-5-1-3-9-28-20)16-22-7-8-25(31-30-22)19-11-18(12-19)13-26-32-33-27(36-26)17-24(35)15-21-6-2-4-10-29-21;1-15(28)25-23-24-14-22(30-23)18-9-17(10-18)11-19-7-8-20(27-26-19)13-21(29)12-16-5-3-2-4-6-16;/h2*1-10,18-19H,11-17H2;2-8,14,17-18H,9-13H2,1H3,(H,24,25,28);1H4. The van der Waals surface area contributed by atoms with Crippen molar-refractivity contribution in [1.82, 2.24) is 75.9 Å². The first kappa shape index (κ1) is 73.8. The number of amides is 1. The summed E-state index contributed by atoms with van der Waals surface area (Å²) in [5.74, 6) is 3.33. The number of Topliss-reactive ketones (excluding diaryl/α,β-unsaturated/α-hetero) is 5. The van der Waals surface area contributed by atoms with E-state index in [1.807, 2.05) is 146 Å². The molecule has 25 heteroatoms. The van der Waals surface area contributed by atoms with Gasteiger partial charge in [-0.15, -0.1) is 54.4 Å². The Morgan fingerprint density at radius 1 is 0.340 bits per heavy atom. The molecular weight excluding hydrogens is 1350 g/mol. The van der Waals surface area contributed by atoms with E-state index in [4.69, 9.17) is 0 Å². The topological polar surface area (TPSA) is 308 Å². The quantitative estimate of drug-likeness (QED) is 0.0437. The van der Waals surface area contributed by atoms with Crippen LogP contribution in [0.4, 0.5) is 5.13 Å². The fourth-order valence-corrected chi connectivity index (χ4v) is 15.6. The van der Waals surface area contributed by atoms with Gasteiger partial charge in [0.1, 0.15) is 48.9 Å². The van der Waals surface area contributed by atoms with Crippen molar-refractivity contribution in [2.75, 3.05) is 5.32 Å². The maximum Gasteiger partial charge on any atom is 0.223 e. The predicted molar refractivity (Wildman–Crippen MR) is 392 cm³/mol. The second-order valence-corrected chi connectivity index (χ2v) is 29.6. The van der Waals surface area contributed by atoms with E-state index in [9.17, 15) is 28.8 Å². The fraction of sp³-hybridized carbons (Fsp3) is 0.346. The van der Waals surface area contributed by atoms with E-state index in [0.29, 0.717) is 103 Å². The van der Waals surface area contributed by atoms with Gasteiger partial charge in [-0.2, -0.15) is 30.6 Å². The Labute approximate surface area is 610 Å². The third kappa shape index (κ3) is 23.1. The molecule has 1 amide bonds. The normalized spacial score (nSPS) is 17.0. The minimum atomic E-state index is -0.0915. The number of ketones is 5. The maximum atomic E-state index is 12.3. The Morgan fingerprint density at radius 3 is 1.10 bits per heavy atom. The largest absolute Gasteiger partial charge is 0.302 e. The summed E-state index contributed by atoms with van der Waals surface area (Å²) < 4.78 is 0. The van der Waals surface area contributed by atoms with Crippen molar-refractivity contribution in [1.29, 1.82) is 0 Å². The first-order valence-corrected chi connectivity index (χ1v) is 36.8. The van der Waals surface area contributed by atoms with Crippen molar-refractivity contribution >= 4 is 74.0 Å². The molecule has 0 bridgehead atoms. The lowest BCUT2D eigenvalue weighted by Crippen LogP contribution is -2.25. The predicted octanol–water partition coefficient (Wildman–Crippen LogP) is 11.7. The molecule has 11 aromatic rings. The van der Waals surface area contributed by atoms with Crippen molar-refractivity contribution in [3.63, 3.8) is 0 Å². The summed E-state index contributed by atoms with van der Waals surface area (Å²) >= 11 is 4.61. The molecule has 3 saturated carbocycles. The Kier molecular flexibility index (Phi) is 26.5. The highest BCUT2D eigenvalue weighted by atomic mass is 32.1. The average molecular weight is 1430 g/mol. The van der Waals surface area contributed by atoms with Gasteiger partial charge in [0.15, 0.2) is 5.13 Å². The molecule has 3 aliphatic carbocycles. The lowest BCUT2D eigenvalue weighted by Gasteiger charge is -2.34. The second kappa shape index (κ2) is 37.0. The van der Waals surface area contributed by atoms with Crippen molar-refractivity contribution in [2.24, 2.45) is 17.8 Å². The van der Waals surface area contributed by atoms with E-state index in [1.165, 1.54) is 34.5 Å². The van der Waals surface area contributed by atoms with Gasteiger partial charge in [0.25, 0.3) is 0 Å². The van der Waals surface area contributed by atoms with Gasteiger partial charge < -0.3 is 5.32 Å². The van der Waals surface area contributed by atoms with Crippen LogP contribution in [0.15, 0.2) is 171 Å². The monoisotopic (exact) mass is 1430 g/mol. The molecule has 22 nitrogen and oxygen atoms in total. The Balaban J connectivity index is 0.000000155. The molecule has 0 saturated heterocycles. The highest BCUT2D eigenvalue weighted by Gasteiger charge is 2.35. The zero-order valence-corrected chi connectivity index (χ0v) is 58.9. The molecule has 14 rings (SSSR count). The van der Waals surface area contributed by atoms with Gasteiger partial charge in [0.05, 0.1) is 66.3 Å². The maximum absolute atomic E-state index is 12.3. The number of carbonyl (C=O) groups is 6. The molecule has 0 unspecified atom stereocenters. The van der Waals surface area contributed by atoms with Crippen molar-refractivity contribution < 1.29 is 28.8 Å². The zero-order valence-electron chi connectivity index (χ0n) is 56.4. The molecule has 0 atom stereocenters. The molecule has 103 heavy (non-hydrogen) atoms. The van der Waals surface area contributed by atoms with Crippen LogP contribution in [0.2, 0.25) is 0 Å². The number of carbonyl (C=O) groups excluding carboxylic acids is 6.